The first kappa shape index (κ1) is 15.9. The van der Waals surface area contributed by atoms with Crippen molar-refractivity contribution in [1.29, 1.82) is 0 Å². The highest BCUT2D eigenvalue weighted by Crippen LogP contribution is 2.18. The van der Waals surface area contributed by atoms with Crippen molar-refractivity contribution in [2.75, 3.05) is 40.1 Å². The SMILES string of the molecule is COCCCOCCOc1ccc(CCN)cc1F. The maximum Gasteiger partial charge on any atom is 0.165 e. The summed E-state index contributed by atoms with van der Waals surface area (Å²) < 4.78 is 29.2. The Kier molecular flexibility index (Phi) is 8.13. The number of hydrogen-bond donors (Lipinski definition) is 1. The molecule has 0 bridgehead atoms. The van der Waals surface area contributed by atoms with E-state index in [1.807, 2.05) is 6.07 Å². The molecule has 0 spiro atoms. The van der Waals surface area contributed by atoms with Crippen molar-refractivity contribution in [2.45, 2.75) is 12.8 Å². The molecule has 19 heavy (non-hydrogen) atoms. The Morgan fingerprint density at radius 2 is 2.00 bits per heavy atom. The number of ether oxygens (including phenoxy) is 3. The Hall–Kier alpha value is -1.17. The van der Waals surface area contributed by atoms with E-state index in [-0.39, 0.29) is 11.6 Å². The number of hydrogen-bond acceptors (Lipinski definition) is 4. The van der Waals surface area contributed by atoms with Crippen molar-refractivity contribution in [1.82, 2.24) is 0 Å². The Bertz CT molecular complexity index is 361. The number of halogens is 1. The summed E-state index contributed by atoms with van der Waals surface area (Å²) >= 11 is 0. The maximum absolute atomic E-state index is 13.6. The summed E-state index contributed by atoms with van der Waals surface area (Å²) in [5.74, 6) is -0.105. The third kappa shape index (κ3) is 6.52. The molecule has 0 aliphatic carbocycles. The second-order valence-corrected chi connectivity index (χ2v) is 4.11. The van der Waals surface area contributed by atoms with Crippen LogP contribution in [0, 0.1) is 5.82 Å². The van der Waals surface area contributed by atoms with Crippen LogP contribution in [0.25, 0.3) is 0 Å². The van der Waals surface area contributed by atoms with Gasteiger partial charge in [0.05, 0.1) is 6.61 Å². The Morgan fingerprint density at radius 1 is 1.16 bits per heavy atom. The standard InChI is InChI=1S/C14H22FNO3/c1-17-7-2-8-18-9-10-19-14-4-3-12(5-6-16)11-13(14)15/h3-4,11H,2,5-10,16H2,1H3. The van der Waals surface area contributed by atoms with Gasteiger partial charge in [0, 0.05) is 20.3 Å². The summed E-state index contributed by atoms with van der Waals surface area (Å²) in [5.41, 5.74) is 6.30. The van der Waals surface area contributed by atoms with E-state index < -0.39 is 0 Å². The van der Waals surface area contributed by atoms with Gasteiger partial charge in [-0.3, -0.25) is 0 Å². The second kappa shape index (κ2) is 9.72. The molecule has 4 nitrogen and oxygen atoms in total. The molecule has 0 saturated heterocycles. The molecule has 0 atom stereocenters. The van der Waals surface area contributed by atoms with E-state index in [9.17, 15) is 4.39 Å². The van der Waals surface area contributed by atoms with Gasteiger partial charge in [-0.2, -0.15) is 0 Å². The third-order valence-electron chi connectivity index (χ3n) is 2.55. The quantitative estimate of drug-likeness (QED) is 0.659. The van der Waals surface area contributed by atoms with Crippen molar-refractivity contribution in [3.05, 3.63) is 29.6 Å². The van der Waals surface area contributed by atoms with Crippen LogP contribution in [-0.2, 0) is 15.9 Å². The zero-order valence-electron chi connectivity index (χ0n) is 11.4. The number of benzene rings is 1. The average Bonchev–Trinajstić information content (AvgIpc) is 2.40. The second-order valence-electron chi connectivity index (χ2n) is 4.11. The van der Waals surface area contributed by atoms with E-state index in [0.717, 1.165) is 12.0 Å². The van der Waals surface area contributed by atoms with E-state index in [0.29, 0.717) is 39.4 Å². The zero-order valence-corrected chi connectivity index (χ0v) is 11.4. The lowest BCUT2D eigenvalue weighted by Gasteiger charge is -2.09. The smallest absolute Gasteiger partial charge is 0.165 e. The van der Waals surface area contributed by atoms with Gasteiger partial charge in [-0.25, -0.2) is 4.39 Å². The zero-order chi connectivity index (χ0) is 13.9. The largest absolute Gasteiger partial charge is 0.488 e. The molecule has 1 aromatic rings. The van der Waals surface area contributed by atoms with Crippen LogP contribution in [0.3, 0.4) is 0 Å². The molecule has 5 heteroatoms. The highest BCUT2D eigenvalue weighted by Gasteiger charge is 2.04. The fourth-order valence-electron chi connectivity index (χ4n) is 1.60. The van der Waals surface area contributed by atoms with Gasteiger partial charge in [0.2, 0.25) is 0 Å². The molecule has 0 radical (unpaired) electrons. The predicted molar refractivity (Wildman–Crippen MR) is 72.0 cm³/mol. The molecule has 0 amide bonds. The van der Waals surface area contributed by atoms with Crippen LogP contribution in [0.15, 0.2) is 18.2 Å². The molecule has 0 fully saturated rings. The number of rotatable bonds is 10. The average molecular weight is 271 g/mol. The van der Waals surface area contributed by atoms with E-state index in [1.165, 1.54) is 6.07 Å². The molecule has 0 aliphatic heterocycles. The summed E-state index contributed by atoms with van der Waals surface area (Å²) in [6.45, 7) is 2.58. The normalized spacial score (nSPS) is 10.7. The van der Waals surface area contributed by atoms with E-state index in [4.69, 9.17) is 19.9 Å². The van der Waals surface area contributed by atoms with Crippen LogP contribution in [0.4, 0.5) is 4.39 Å². The van der Waals surface area contributed by atoms with Crippen molar-refractivity contribution < 1.29 is 18.6 Å². The van der Waals surface area contributed by atoms with Gasteiger partial charge >= 0.3 is 0 Å². The first-order valence-electron chi connectivity index (χ1n) is 6.46. The van der Waals surface area contributed by atoms with Crippen molar-refractivity contribution >= 4 is 0 Å². The molecule has 0 heterocycles. The highest BCUT2D eigenvalue weighted by molar-refractivity contribution is 5.29. The van der Waals surface area contributed by atoms with Crippen LogP contribution in [0.1, 0.15) is 12.0 Å². The van der Waals surface area contributed by atoms with Crippen LogP contribution < -0.4 is 10.5 Å². The lowest BCUT2D eigenvalue weighted by Crippen LogP contribution is -2.09. The van der Waals surface area contributed by atoms with Gasteiger partial charge in [0.1, 0.15) is 6.61 Å². The van der Waals surface area contributed by atoms with Crippen LogP contribution >= 0.6 is 0 Å². The maximum atomic E-state index is 13.6. The summed E-state index contributed by atoms with van der Waals surface area (Å²) in [6.07, 6.45) is 1.51. The summed E-state index contributed by atoms with van der Waals surface area (Å²) in [4.78, 5) is 0. The molecule has 108 valence electrons. The van der Waals surface area contributed by atoms with E-state index in [2.05, 4.69) is 0 Å². The van der Waals surface area contributed by atoms with Crippen LogP contribution in [-0.4, -0.2) is 40.1 Å². The molecular weight excluding hydrogens is 249 g/mol. The molecule has 1 aromatic carbocycles. The molecule has 0 aliphatic rings. The Morgan fingerprint density at radius 3 is 2.68 bits per heavy atom. The minimum Gasteiger partial charge on any atom is -0.488 e. The van der Waals surface area contributed by atoms with Gasteiger partial charge in [-0.05, 0) is 37.1 Å². The fraction of sp³-hybridized carbons (Fsp3) is 0.571. The third-order valence-corrected chi connectivity index (χ3v) is 2.55. The summed E-state index contributed by atoms with van der Waals surface area (Å²) in [6, 6.07) is 4.91. The topological polar surface area (TPSA) is 53.7 Å². The summed E-state index contributed by atoms with van der Waals surface area (Å²) in [7, 11) is 1.65. The van der Waals surface area contributed by atoms with Gasteiger partial charge in [0.15, 0.2) is 11.6 Å². The first-order valence-corrected chi connectivity index (χ1v) is 6.46. The molecule has 1 rings (SSSR count). The first-order chi connectivity index (χ1) is 9.27. The monoisotopic (exact) mass is 271 g/mol. The molecule has 0 aromatic heterocycles. The summed E-state index contributed by atoms with van der Waals surface area (Å²) in [5, 5.41) is 0. The van der Waals surface area contributed by atoms with Crippen molar-refractivity contribution in [3.63, 3.8) is 0 Å². The molecular formula is C14H22FNO3. The van der Waals surface area contributed by atoms with Crippen molar-refractivity contribution in [2.24, 2.45) is 5.73 Å². The molecule has 0 saturated carbocycles. The van der Waals surface area contributed by atoms with Crippen LogP contribution in [0.5, 0.6) is 5.75 Å². The number of methoxy groups -OCH3 is 1. The minimum atomic E-state index is -0.356. The Balaban J connectivity index is 2.22. The Labute approximate surface area is 113 Å². The lowest BCUT2D eigenvalue weighted by molar-refractivity contribution is 0.0797. The lowest BCUT2D eigenvalue weighted by atomic mass is 10.1. The van der Waals surface area contributed by atoms with E-state index >= 15 is 0 Å². The van der Waals surface area contributed by atoms with Gasteiger partial charge < -0.3 is 19.9 Å². The van der Waals surface area contributed by atoms with E-state index in [1.54, 1.807) is 13.2 Å². The predicted octanol–water partition coefficient (Wildman–Crippen LogP) is 1.76. The fourth-order valence-corrected chi connectivity index (χ4v) is 1.60. The molecule has 2 N–H and O–H groups in total. The van der Waals surface area contributed by atoms with Crippen LogP contribution in [0.2, 0.25) is 0 Å². The van der Waals surface area contributed by atoms with Crippen molar-refractivity contribution in [3.8, 4) is 5.75 Å². The minimum absolute atomic E-state index is 0.251. The van der Waals surface area contributed by atoms with Gasteiger partial charge in [-0.15, -0.1) is 0 Å². The van der Waals surface area contributed by atoms with Gasteiger partial charge in [-0.1, -0.05) is 6.07 Å². The number of nitrogens with two attached hydrogens (primary N) is 1. The highest BCUT2D eigenvalue weighted by atomic mass is 19.1. The van der Waals surface area contributed by atoms with Gasteiger partial charge in [0.25, 0.3) is 0 Å². The molecule has 0 unspecified atom stereocenters.